The fourth-order valence-corrected chi connectivity index (χ4v) is 4.25. The van der Waals surface area contributed by atoms with Gasteiger partial charge in [0.1, 0.15) is 11.8 Å². The molecule has 3 rings (SSSR count). The predicted molar refractivity (Wildman–Crippen MR) is 146 cm³/mol. The number of nitrogens with zero attached hydrogens (tertiary/aromatic N) is 1. The van der Waals surface area contributed by atoms with Crippen LogP contribution < -0.4 is 10.1 Å². The fraction of sp³-hybridized carbons (Fsp3) is 0.310. The van der Waals surface area contributed by atoms with E-state index in [-0.39, 0.29) is 25.0 Å². The van der Waals surface area contributed by atoms with Crippen LogP contribution in [-0.2, 0) is 22.6 Å². The molecule has 3 aromatic rings. The van der Waals surface area contributed by atoms with Crippen molar-refractivity contribution < 1.29 is 14.3 Å². The van der Waals surface area contributed by atoms with Gasteiger partial charge in [0, 0.05) is 28.5 Å². The second kappa shape index (κ2) is 12.3. The number of para-hydroxylation sites is 1. The number of carbonyl (C=O) groups excluding carboxylic acids is 2. The van der Waals surface area contributed by atoms with E-state index in [9.17, 15) is 9.59 Å². The zero-order valence-electron chi connectivity index (χ0n) is 21.1. The highest BCUT2D eigenvalue weighted by Crippen LogP contribution is 2.25. The molecule has 0 aliphatic carbocycles. The van der Waals surface area contributed by atoms with Gasteiger partial charge in [-0.25, -0.2) is 0 Å². The van der Waals surface area contributed by atoms with Gasteiger partial charge in [-0.05, 0) is 62.6 Å². The van der Waals surface area contributed by atoms with E-state index in [4.69, 9.17) is 27.9 Å². The van der Waals surface area contributed by atoms with Crippen LogP contribution in [0.15, 0.2) is 72.8 Å². The SMILES string of the molecule is Cc1ccccc1OCC(=O)N(Cc1ccc(Cl)cc1Cl)[C@@H](Cc1ccccc1)C(=O)NC(C)(C)C. The zero-order valence-corrected chi connectivity index (χ0v) is 22.6. The summed E-state index contributed by atoms with van der Waals surface area (Å²) in [4.78, 5) is 28.8. The molecule has 36 heavy (non-hydrogen) atoms. The molecule has 3 aromatic carbocycles. The van der Waals surface area contributed by atoms with E-state index in [0.717, 1.165) is 11.1 Å². The summed E-state index contributed by atoms with van der Waals surface area (Å²) in [7, 11) is 0. The molecule has 2 amide bonds. The number of hydrogen-bond acceptors (Lipinski definition) is 3. The van der Waals surface area contributed by atoms with Crippen LogP contribution in [0.5, 0.6) is 5.75 Å². The molecule has 0 bridgehead atoms. The second-order valence-electron chi connectivity index (χ2n) is 9.76. The van der Waals surface area contributed by atoms with Crippen molar-refractivity contribution in [2.75, 3.05) is 6.61 Å². The third-order valence-electron chi connectivity index (χ3n) is 5.57. The molecule has 190 valence electrons. The van der Waals surface area contributed by atoms with Crippen molar-refractivity contribution in [2.45, 2.75) is 52.2 Å². The molecule has 0 spiro atoms. The number of benzene rings is 3. The Hall–Kier alpha value is -3.02. The molecule has 0 saturated carbocycles. The lowest BCUT2D eigenvalue weighted by molar-refractivity contribution is -0.143. The first-order valence-corrected chi connectivity index (χ1v) is 12.6. The highest BCUT2D eigenvalue weighted by Gasteiger charge is 2.33. The van der Waals surface area contributed by atoms with Crippen LogP contribution in [0.4, 0.5) is 0 Å². The van der Waals surface area contributed by atoms with Crippen molar-refractivity contribution in [2.24, 2.45) is 0 Å². The molecular weight excluding hydrogens is 495 g/mol. The lowest BCUT2D eigenvalue weighted by Gasteiger charge is -2.34. The summed E-state index contributed by atoms with van der Waals surface area (Å²) in [5.41, 5.74) is 2.07. The number of amides is 2. The molecule has 0 aliphatic rings. The van der Waals surface area contributed by atoms with Gasteiger partial charge < -0.3 is 15.0 Å². The molecule has 0 heterocycles. The highest BCUT2D eigenvalue weighted by molar-refractivity contribution is 6.35. The first-order chi connectivity index (χ1) is 17.0. The Kier molecular flexibility index (Phi) is 9.41. The molecule has 1 N–H and O–H groups in total. The standard InChI is InChI=1S/C29H32Cl2N2O3/c1-20-10-8-9-13-26(20)36-19-27(34)33(18-22-14-15-23(30)17-24(22)31)25(28(35)32-29(2,3)4)16-21-11-6-5-7-12-21/h5-15,17,25H,16,18-19H2,1-4H3,(H,32,35)/t25-/m0/s1. The number of rotatable bonds is 9. The summed E-state index contributed by atoms with van der Waals surface area (Å²) in [6.45, 7) is 7.56. The number of nitrogens with one attached hydrogen (secondary N) is 1. The third kappa shape index (κ3) is 8.00. The number of ether oxygens (including phenoxy) is 1. The van der Waals surface area contributed by atoms with Gasteiger partial charge in [0.05, 0.1) is 0 Å². The van der Waals surface area contributed by atoms with Crippen LogP contribution >= 0.6 is 23.2 Å². The molecule has 0 radical (unpaired) electrons. The van der Waals surface area contributed by atoms with Crippen molar-refractivity contribution in [1.29, 1.82) is 0 Å². The zero-order chi connectivity index (χ0) is 26.3. The number of hydrogen-bond donors (Lipinski definition) is 1. The van der Waals surface area contributed by atoms with Gasteiger partial charge in [-0.3, -0.25) is 9.59 Å². The van der Waals surface area contributed by atoms with E-state index < -0.39 is 11.6 Å². The Morgan fingerprint density at radius 1 is 0.972 bits per heavy atom. The van der Waals surface area contributed by atoms with Gasteiger partial charge in [-0.1, -0.05) is 77.8 Å². The molecule has 0 aromatic heterocycles. The molecular formula is C29H32Cl2N2O3. The quantitative estimate of drug-likeness (QED) is 0.359. The molecule has 0 aliphatic heterocycles. The first-order valence-electron chi connectivity index (χ1n) is 11.8. The summed E-state index contributed by atoms with van der Waals surface area (Å²) in [6, 6.07) is 21.5. The van der Waals surface area contributed by atoms with Gasteiger partial charge in [-0.15, -0.1) is 0 Å². The molecule has 5 nitrogen and oxygen atoms in total. The van der Waals surface area contributed by atoms with Crippen LogP contribution in [0, 0.1) is 6.92 Å². The first kappa shape index (κ1) is 27.6. The van der Waals surface area contributed by atoms with Gasteiger partial charge in [-0.2, -0.15) is 0 Å². The lowest BCUT2D eigenvalue weighted by atomic mass is 10.0. The smallest absolute Gasteiger partial charge is 0.261 e. The van der Waals surface area contributed by atoms with Crippen molar-refractivity contribution in [3.8, 4) is 5.75 Å². The monoisotopic (exact) mass is 526 g/mol. The Morgan fingerprint density at radius 2 is 1.64 bits per heavy atom. The maximum atomic E-state index is 13.7. The van der Waals surface area contributed by atoms with Crippen LogP contribution in [0.3, 0.4) is 0 Å². The lowest BCUT2D eigenvalue weighted by Crippen LogP contribution is -2.55. The summed E-state index contributed by atoms with van der Waals surface area (Å²) in [5, 5.41) is 3.96. The van der Waals surface area contributed by atoms with Crippen molar-refractivity contribution in [3.05, 3.63) is 99.5 Å². The predicted octanol–water partition coefficient (Wildman–Crippen LogP) is 6.24. The number of aryl methyl sites for hydroxylation is 1. The van der Waals surface area contributed by atoms with Crippen LogP contribution in [0.1, 0.15) is 37.5 Å². The highest BCUT2D eigenvalue weighted by atomic mass is 35.5. The second-order valence-corrected chi connectivity index (χ2v) is 10.6. The fourth-order valence-electron chi connectivity index (χ4n) is 3.78. The minimum absolute atomic E-state index is 0.126. The Morgan fingerprint density at radius 3 is 2.28 bits per heavy atom. The van der Waals surface area contributed by atoms with E-state index in [1.54, 1.807) is 23.1 Å². The molecule has 7 heteroatoms. The Labute approximate surface area is 223 Å². The Balaban J connectivity index is 1.97. The average molecular weight is 527 g/mol. The molecule has 0 unspecified atom stereocenters. The van der Waals surface area contributed by atoms with Gasteiger partial charge in [0.25, 0.3) is 5.91 Å². The van der Waals surface area contributed by atoms with Gasteiger partial charge >= 0.3 is 0 Å². The summed E-state index contributed by atoms with van der Waals surface area (Å²) >= 11 is 12.6. The summed E-state index contributed by atoms with van der Waals surface area (Å²) < 4.78 is 5.87. The van der Waals surface area contributed by atoms with Gasteiger partial charge in [0.15, 0.2) is 6.61 Å². The molecule has 0 fully saturated rings. The van der Waals surface area contributed by atoms with E-state index in [2.05, 4.69) is 5.32 Å². The van der Waals surface area contributed by atoms with Gasteiger partial charge in [0.2, 0.25) is 5.91 Å². The summed E-state index contributed by atoms with van der Waals surface area (Å²) in [6.07, 6.45) is 0.337. The number of carbonyl (C=O) groups is 2. The minimum Gasteiger partial charge on any atom is -0.484 e. The third-order valence-corrected chi connectivity index (χ3v) is 6.16. The maximum absolute atomic E-state index is 13.7. The van der Waals surface area contributed by atoms with E-state index >= 15 is 0 Å². The molecule has 0 saturated heterocycles. The van der Waals surface area contributed by atoms with Crippen molar-refractivity contribution >= 4 is 35.0 Å². The topological polar surface area (TPSA) is 58.6 Å². The number of halogens is 2. The maximum Gasteiger partial charge on any atom is 0.261 e. The largest absolute Gasteiger partial charge is 0.484 e. The van der Waals surface area contributed by atoms with Crippen molar-refractivity contribution in [3.63, 3.8) is 0 Å². The van der Waals surface area contributed by atoms with E-state index in [0.29, 0.717) is 27.8 Å². The average Bonchev–Trinajstić information content (AvgIpc) is 2.81. The van der Waals surface area contributed by atoms with Crippen LogP contribution in [-0.4, -0.2) is 34.9 Å². The molecule has 1 atom stereocenters. The Bertz CT molecular complexity index is 1190. The van der Waals surface area contributed by atoms with Crippen molar-refractivity contribution in [1.82, 2.24) is 10.2 Å². The van der Waals surface area contributed by atoms with E-state index in [1.807, 2.05) is 82.3 Å². The summed E-state index contributed by atoms with van der Waals surface area (Å²) in [5.74, 6) is 0.0454. The minimum atomic E-state index is -0.786. The van der Waals surface area contributed by atoms with E-state index in [1.165, 1.54) is 0 Å². The van der Waals surface area contributed by atoms with Crippen LogP contribution in [0.2, 0.25) is 10.0 Å². The van der Waals surface area contributed by atoms with Crippen LogP contribution in [0.25, 0.3) is 0 Å². The normalized spacial score (nSPS) is 12.1.